The van der Waals surface area contributed by atoms with Gasteiger partial charge in [0.25, 0.3) is 0 Å². The van der Waals surface area contributed by atoms with Gasteiger partial charge in [0.15, 0.2) is 5.16 Å². The van der Waals surface area contributed by atoms with Crippen LogP contribution >= 0.6 is 11.8 Å². The van der Waals surface area contributed by atoms with Crippen molar-refractivity contribution in [3.63, 3.8) is 0 Å². The number of amides is 1. The summed E-state index contributed by atoms with van der Waals surface area (Å²) in [6, 6.07) is 0. The smallest absolute Gasteiger partial charge is 0.237 e. The van der Waals surface area contributed by atoms with Crippen LogP contribution in [-0.2, 0) is 4.79 Å². The lowest BCUT2D eigenvalue weighted by Crippen LogP contribution is -2.49. The van der Waals surface area contributed by atoms with Crippen LogP contribution in [0.4, 0.5) is 0 Å². The molecule has 0 aliphatic carbocycles. The maximum Gasteiger partial charge on any atom is 0.237 e. The first-order valence-electron chi connectivity index (χ1n) is 5.09. The van der Waals surface area contributed by atoms with Gasteiger partial charge in [-0.05, 0) is 19.8 Å². The fourth-order valence-corrected chi connectivity index (χ4v) is 1.93. The number of nitrogens with two attached hydrogens (primary N) is 2. The molecule has 1 unspecified atom stereocenters. The number of rotatable bonds is 7. The van der Waals surface area contributed by atoms with E-state index in [0.29, 0.717) is 6.42 Å². The molecule has 90 valence electrons. The van der Waals surface area contributed by atoms with Gasteiger partial charge in [-0.15, -0.1) is 0 Å². The van der Waals surface area contributed by atoms with Crippen molar-refractivity contribution < 1.29 is 4.79 Å². The highest BCUT2D eigenvalue weighted by atomic mass is 32.2. The number of aromatic amines is 1. The minimum absolute atomic E-state index is 0.449. The normalized spacial score (nSPS) is 14.6. The summed E-state index contributed by atoms with van der Waals surface area (Å²) in [7, 11) is 0. The number of thioether (sulfide) groups is 1. The summed E-state index contributed by atoms with van der Waals surface area (Å²) in [6.45, 7) is 1.67. The first-order chi connectivity index (χ1) is 7.52. The van der Waals surface area contributed by atoms with Gasteiger partial charge in [-0.25, -0.2) is 4.98 Å². The fourth-order valence-electron chi connectivity index (χ4n) is 1.15. The van der Waals surface area contributed by atoms with Gasteiger partial charge in [0.1, 0.15) is 6.33 Å². The van der Waals surface area contributed by atoms with Gasteiger partial charge in [-0.1, -0.05) is 18.2 Å². The van der Waals surface area contributed by atoms with Gasteiger partial charge < -0.3 is 11.5 Å². The van der Waals surface area contributed by atoms with Crippen molar-refractivity contribution in [2.24, 2.45) is 11.5 Å². The molecule has 1 atom stereocenters. The summed E-state index contributed by atoms with van der Waals surface area (Å²) in [5.41, 5.74) is 10.0. The molecule has 0 bridgehead atoms. The zero-order chi connectivity index (χ0) is 12.0. The Bertz CT molecular complexity index is 325. The number of hydrogen-bond acceptors (Lipinski definition) is 5. The largest absolute Gasteiger partial charge is 0.368 e. The Balaban J connectivity index is 2.10. The molecule has 0 fully saturated rings. The third-order valence-corrected chi connectivity index (χ3v) is 3.25. The van der Waals surface area contributed by atoms with Gasteiger partial charge in [0.2, 0.25) is 5.91 Å². The first-order valence-corrected chi connectivity index (χ1v) is 6.08. The van der Waals surface area contributed by atoms with E-state index in [4.69, 9.17) is 11.5 Å². The van der Waals surface area contributed by atoms with E-state index in [1.165, 1.54) is 6.33 Å². The zero-order valence-corrected chi connectivity index (χ0v) is 10.1. The van der Waals surface area contributed by atoms with E-state index in [9.17, 15) is 4.79 Å². The highest BCUT2D eigenvalue weighted by molar-refractivity contribution is 7.99. The van der Waals surface area contributed by atoms with Crippen LogP contribution in [0.15, 0.2) is 11.5 Å². The van der Waals surface area contributed by atoms with E-state index >= 15 is 0 Å². The molecule has 0 saturated carbocycles. The lowest BCUT2D eigenvalue weighted by atomic mass is 9.96. The minimum Gasteiger partial charge on any atom is -0.368 e. The highest BCUT2D eigenvalue weighted by Crippen LogP contribution is 2.16. The Hall–Kier alpha value is -1.08. The van der Waals surface area contributed by atoms with Crippen LogP contribution < -0.4 is 11.5 Å². The van der Waals surface area contributed by atoms with Gasteiger partial charge in [0.05, 0.1) is 5.54 Å². The monoisotopic (exact) mass is 243 g/mol. The van der Waals surface area contributed by atoms with Gasteiger partial charge >= 0.3 is 0 Å². The third-order valence-electron chi connectivity index (χ3n) is 2.29. The van der Waals surface area contributed by atoms with Crippen molar-refractivity contribution in [2.75, 3.05) is 5.75 Å². The molecule has 7 heteroatoms. The van der Waals surface area contributed by atoms with E-state index in [1.807, 2.05) is 0 Å². The maximum absolute atomic E-state index is 10.9. The predicted octanol–water partition coefficient (Wildman–Crippen LogP) is 0.270. The highest BCUT2D eigenvalue weighted by Gasteiger charge is 2.24. The van der Waals surface area contributed by atoms with E-state index in [1.54, 1.807) is 18.7 Å². The number of nitrogens with one attached hydrogen (secondary N) is 1. The summed E-state index contributed by atoms with van der Waals surface area (Å²) in [4.78, 5) is 14.9. The van der Waals surface area contributed by atoms with Crippen molar-refractivity contribution in [3.05, 3.63) is 6.33 Å². The van der Waals surface area contributed by atoms with E-state index in [0.717, 1.165) is 23.8 Å². The standard InChI is InChI=1S/C9H17N5OS/c1-9(11,7(10)15)4-2-3-5-16-8-12-6-13-14-8/h6H,2-5,11H2,1H3,(H2,10,15)(H,12,13,14). The summed E-state index contributed by atoms with van der Waals surface area (Å²) >= 11 is 1.60. The second-order valence-corrected chi connectivity index (χ2v) is 4.96. The van der Waals surface area contributed by atoms with Crippen LogP contribution in [0, 0.1) is 0 Å². The average Bonchev–Trinajstić information content (AvgIpc) is 2.69. The second-order valence-electron chi connectivity index (χ2n) is 3.88. The summed E-state index contributed by atoms with van der Waals surface area (Å²) in [5.74, 6) is 0.472. The Morgan fingerprint density at radius 2 is 2.38 bits per heavy atom. The lowest BCUT2D eigenvalue weighted by molar-refractivity contribution is -0.122. The molecule has 1 aromatic rings. The van der Waals surface area contributed by atoms with Gasteiger partial charge in [-0.2, -0.15) is 5.10 Å². The molecule has 0 aliphatic rings. The van der Waals surface area contributed by atoms with Crippen molar-refractivity contribution in [3.8, 4) is 0 Å². The number of carbonyl (C=O) groups is 1. The molecule has 0 aromatic carbocycles. The Morgan fingerprint density at radius 3 is 2.94 bits per heavy atom. The van der Waals surface area contributed by atoms with E-state index in [2.05, 4.69) is 15.2 Å². The molecule has 6 nitrogen and oxygen atoms in total. The number of nitrogens with zero attached hydrogens (tertiary/aromatic N) is 2. The second kappa shape index (κ2) is 5.86. The molecule has 0 radical (unpaired) electrons. The molecule has 0 spiro atoms. The fraction of sp³-hybridized carbons (Fsp3) is 0.667. The molecule has 0 saturated heterocycles. The number of primary amides is 1. The minimum atomic E-state index is -0.892. The molecule has 16 heavy (non-hydrogen) atoms. The van der Waals surface area contributed by atoms with Crippen molar-refractivity contribution in [2.45, 2.75) is 36.9 Å². The Kier molecular flexibility index (Phi) is 4.75. The summed E-state index contributed by atoms with van der Waals surface area (Å²) < 4.78 is 0. The number of carbonyl (C=O) groups excluding carboxylic acids is 1. The van der Waals surface area contributed by atoms with Crippen LogP contribution in [0.5, 0.6) is 0 Å². The van der Waals surface area contributed by atoms with Crippen LogP contribution in [0.25, 0.3) is 0 Å². The summed E-state index contributed by atoms with van der Waals surface area (Å²) in [5, 5.41) is 7.32. The van der Waals surface area contributed by atoms with Crippen LogP contribution in [0.2, 0.25) is 0 Å². The average molecular weight is 243 g/mol. The number of aromatic nitrogens is 3. The van der Waals surface area contributed by atoms with Gasteiger partial charge in [0, 0.05) is 5.75 Å². The number of hydrogen-bond donors (Lipinski definition) is 3. The molecule has 5 N–H and O–H groups in total. The molecule has 0 aliphatic heterocycles. The van der Waals surface area contributed by atoms with Crippen LogP contribution in [-0.4, -0.2) is 32.4 Å². The first kappa shape index (κ1) is 13.0. The quantitative estimate of drug-likeness (QED) is 0.470. The van der Waals surface area contributed by atoms with Gasteiger partial charge in [-0.3, -0.25) is 9.89 Å². The number of unbranched alkanes of at least 4 members (excludes halogenated alkanes) is 1. The maximum atomic E-state index is 10.9. The van der Waals surface area contributed by atoms with E-state index in [-0.39, 0.29) is 0 Å². The van der Waals surface area contributed by atoms with E-state index < -0.39 is 11.4 Å². The summed E-state index contributed by atoms with van der Waals surface area (Å²) in [6.07, 6.45) is 3.92. The molecule has 1 rings (SSSR count). The van der Waals surface area contributed by atoms with Crippen molar-refractivity contribution in [1.82, 2.24) is 15.2 Å². The number of H-pyrrole nitrogens is 1. The molecular formula is C9H17N5OS. The van der Waals surface area contributed by atoms with Crippen LogP contribution in [0.1, 0.15) is 26.2 Å². The topological polar surface area (TPSA) is 111 Å². The zero-order valence-electron chi connectivity index (χ0n) is 9.27. The molecule has 1 amide bonds. The SMILES string of the molecule is CC(N)(CCCCSc1ncn[nH]1)C(N)=O. The van der Waals surface area contributed by atoms with Crippen molar-refractivity contribution in [1.29, 1.82) is 0 Å². The molecule has 1 aromatic heterocycles. The Labute approximate surface area is 98.6 Å². The lowest BCUT2D eigenvalue weighted by Gasteiger charge is -2.19. The Morgan fingerprint density at radius 1 is 1.62 bits per heavy atom. The molecule has 1 heterocycles. The molecular weight excluding hydrogens is 226 g/mol. The van der Waals surface area contributed by atoms with Crippen molar-refractivity contribution >= 4 is 17.7 Å². The third kappa shape index (κ3) is 4.19. The predicted molar refractivity (Wildman–Crippen MR) is 62.7 cm³/mol. The van der Waals surface area contributed by atoms with Crippen LogP contribution in [0.3, 0.4) is 0 Å².